The number of ether oxygens (including phenoxy) is 1. The third kappa shape index (κ3) is 5.77. The van der Waals surface area contributed by atoms with Gasteiger partial charge in [-0.3, -0.25) is 9.13 Å². The molecule has 0 saturated heterocycles. The maximum atomic E-state index is 13.5. The molecule has 0 fully saturated rings. The Morgan fingerprint density at radius 1 is 1.09 bits per heavy atom. The van der Waals surface area contributed by atoms with Crippen LogP contribution in [0.4, 0.5) is 5.69 Å². The molecule has 3 rings (SSSR count). The van der Waals surface area contributed by atoms with E-state index in [1.54, 1.807) is 39.5 Å². The van der Waals surface area contributed by atoms with Gasteiger partial charge in [-0.25, -0.2) is 9.79 Å². The van der Waals surface area contributed by atoms with E-state index >= 15 is 0 Å². The lowest BCUT2D eigenvalue weighted by atomic mass is 10.2. The summed E-state index contributed by atoms with van der Waals surface area (Å²) < 4.78 is 8.94. The molecule has 0 saturated carbocycles. The van der Waals surface area contributed by atoms with E-state index in [0.29, 0.717) is 38.8 Å². The van der Waals surface area contributed by atoms with Crippen molar-refractivity contribution in [3.05, 3.63) is 74.2 Å². The van der Waals surface area contributed by atoms with E-state index in [9.17, 15) is 4.79 Å². The molecule has 0 aliphatic carbocycles. The van der Waals surface area contributed by atoms with Crippen molar-refractivity contribution >= 4 is 40.7 Å². The summed E-state index contributed by atoms with van der Waals surface area (Å²) in [5.74, 6) is 0.586. The molecule has 1 aromatic heterocycles. The lowest BCUT2D eigenvalue weighted by Crippen LogP contribution is -2.43. The number of hydrogen-bond donors (Lipinski definition) is 0. The van der Waals surface area contributed by atoms with Gasteiger partial charge in [0.1, 0.15) is 5.75 Å². The Bertz CT molecular complexity index is 1220. The average molecular weight is 493 g/mol. The summed E-state index contributed by atoms with van der Waals surface area (Å²) in [5.41, 5.74) is 1.62. The van der Waals surface area contributed by atoms with E-state index in [0.717, 1.165) is 5.56 Å². The molecule has 0 amide bonds. The van der Waals surface area contributed by atoms with Crippen molar-refractivity contribution in [2.24, 2.45) is 4.99 Å². The van der Waals surface area contributed by atoms with Crippen LogP contribution in [0.1, 0.15) is 39.3 Å². The van der Waals surface area contributed by atoms with Gasteiger partial charge < -0.3 is 4.74 Å². The number of aromatic nitrogens is 3. The van der Waals surface area contributed by atoms with Crippen LogP contribution in [-0.2, 0) is 6.54 Å². The highest BCUT2D eigenvalue weighted by atomic mass is 35.5. The normalized spacial score (nSPS) is 12.1. The summed E-state index contributed by atoms with van der Waals surface area (Å²) in [6.07, 6.45) is 1.90. The summed E-state index contributed by atoms with van der Waals surface area (Å²) in [6, 6.07) is 12.6. The predicted octanol–water partition coefficient (Wildman–Crippen LogP) is 5.72. The van der Waals surface area contributed by atoms with Crippen LogP contribution in [0.3, 0.4) is 0 Å². The highest BCUT2D eigenvalue weighted by Gasteiger charge is 2.15. The molecule has 1 heterocycles. The van der Waals surface area contributed by atoms with Gasteiger partial charge in [-0.05, 0) is 69.8 Å². The number of nitrogens with zero attached hydrogens (tertiary/aromatic N) is 4. The second kappa shape index (κ2) is 10.6. The lowest BCUT2D eigenvalue weighted by Gasteiger charge is -2.17. The molecule has 0 bridgehead atoms. The fraction of sp³-hybridized carbons (Fsp3) is 0.348. The second-order valence-electron chi connectivity index (χ2n) is 7.75. The molecule has 0 atom stereocenters. The Hall–Kier alpha value is -2.22. The summed E-state index contributed by atoms with van der Waals surface area (Å²) in [6.45, 7) is 8.10. The first-order valence-corrected chi connectivity index (χ1v) is 12.2. The van der Waals surface area contributed by atoms with Gasteiger partial charge >= 0.3 is 5.69 Å². The van der Waals surface area contributed by atoms with Gasteiger partial charge in [-0.1, -0.05) is 47.1 Å². The van der Waals surface area contributed by atoms with Gasteiger partial charge in [-0.2, -0.15) is 4.98 Å². The van der Waals surface area contributed by atoms with Gasteiger partial charge in [0.05, 0.1) is 23.4 Å². The SMILES string of the molecule is CSc1nc(=Nc2ccc(OC(C)C)c(Cl)c2)n(Cc2ccc(Cl)cc2)c(=O)n1C(C)C. The van der Waals surface area contributed by atoms with E-state index in [1.807, 2.05) is 46.1 Å². The van der Waals surface area contributed by atoms with Crippen molar-refractivity contribution in [2.75, 3.05) is 6.26 Å². The van der Waals surface area contributed by atoms with E-state index < -0.39 is 0 Å². The van der Waals surface area contributed by atoms with Crippen LogP contribution >= 0.6 is 35.0 Å². The summed E-state index contributed by atoms with van der Waals surface area (Å²) in [5, 5.41) is 1.68. The molecular formula is C23H26Cl2N4O2S. The zero-order valence-corrected chi connectivity index (χ0v) is 21.0. The summed E-state index contributed by atoms with van der Waals surface area (Å²) >= 11 is 13.8. The fourth-order valence-electron chi connectivity index (χ4n) is 3.10. The molecule has 2 aromatic carbocycles. The first-order chi connectivity index (χ1) is 15.2. The van der Waals surface area contributed by atoms with Gasteiger partial charge in [0.15, 0.2) is 5.16 Å². The fourth-order valence-corrected chi connectivity index (χ4v) is 4.11. The predicted molar refractivity (Wildman–Crippen MR) is 132 cm³/mol. The number of halogens is 2. The minimum Gasteiger partial charge on any atom is -0.489 e. The quantitative estimate of drug-likeness (QED) is 0.395. The smallest absolute Gasteiger partial charge is 0.333 e. The number of rotatable bonds is 7. The van der Waals surface area contributed by atoms with Crippen molar-refractivity contribution in [1.82, 2.24) is 14.1 Å². The zero-order valence-electron chi connectivity index (χ0n) is 18.7. The Morgan fingerprint density at radius 3 is 2.34 bits per heavy atom. The molecule has 32 heavy (non-hydrogen) atoms. The molecule has 170 valence electrons. The highest BCUT2D eigenvalue weighted by Crippen LogP contribution is 2.29. The van der Waals surface area contributed by atoms with Crippen LogP contribution in [0, 0.1) is 0 Å². The van der Waals surface area contributed by atoms with Gasteiger partial charge in [0.2, 0.25) is 5.62 Å². The largest absolute Gasteiger partial charge is 0.489 e. The molecule has 6 nitrogen and oxygen atoms in total. The van der Waals surface area contributed by atoms with Crippen molar-refractivity contribution in [3.8, 4) is 5.75 Å². The van der Waals surface area contributed by atoms with Crippen LogP contribution in [0.2, 0.25) is 10.0 Å². The van der Waals surface area contributed by atoms with Crippen LogP contribution in [-0.4, -0.2) is 26.5 Å². The highest BCUT2D eigenvalue weighted by molar-refractivity contribution is 7.98. The van der Waals surface area contributed by atoms with E-state index in [4.69, 9.17) is 32.9 Å². The van der Waals surface area contributed by atoms with Crippen molar-refractivity contribution in [2.45, 2.75) is 51.5 Å². The third-order valence-electron chi connectivity index (χ3n) is 4.54. The van der Waals surface area contributed by atoms with Crippen LogP contribution in [0.5, 0.6) is 5.75 Å². The third-order valence-corrected chi connectivity index (χ3v) is 5.74. The van der Waals surface area contributed by atoms with Crippen LogP contribution in [0.15, 0.2) is 57.4 Å². The van der Waals surface area contributed by atoms with Crippen LogP contribution < -0.4 is 16.0 Å². The van der Waals surface area contributed by atoms with E-state index in [1.165, 1.54) is 11.8 Å². The molecule has 0 radical (unpaired) electrons. The Labute approximate surface area is 201 Å². The maximum Gasteiger partial charge on any atom is 0.333 e. The molecule has 0 unspecified atom stereocenters. The second-order valence-corrected chi connectivity index (χ2v) is 9.37. The topological polar surface area (TPSA) is 61.4 Å². The van der Waals surface area contributed by atoms with E-state index in [-0.39, 0.29) is 17.8 Å². The monoisotopic (exact) mass is 492 g/mol. The van der Waals surface area contributed by atoms with Crippen molar-refractivity contribution in [1.29, 1.82) is 0 Å². The first kappa shape index (κ1) is 24.4. The molecule has 0 aliphatic heterocycles. The molecule has 0 aliphatic rings. The van der Waals surface area contributed by atoms with Gasteiger partial charge in [-0.15, -0.1) is 0 Å². The van der Waals surface area contributed by atoms with Crippen molar-refractivity contribution in [3.63, 3.8) is 0 Å². The van der Waals surface area contributed by atoms with Crippen LogP contribution in [0.25, 0.3) is 0 Å². The number of thioether (sulfide) groups is 1. The minimum atomic E-state index is -0.182. The summed E-state index contributed by atoms with van der Waals surface area (Å²) in [7, 11) is 0. The molecule has 9 heteroatoms. The Kier molecular flexibility index (Phi) is 8.09. The molecule has 3 aromatic rings. The maximum absolute atomic E-state index is 13.5. The first-order valence-electron chi connectivity index (χ1n) is 10.2. The standard InChI is InChI=1S/C23H26Cl2N4O2S/c1-14(2)29-22(32-5)27-21(26-18-10-11-20(19(25)12-18)31-15(3)4)28(23(29)30)13-16-6-8-17(24)9-7-16/h6-12,14-15H,13H2,1-5H3. The van der Waals surface area contributed by atoms with Gasteiger partial charge in [0.25, 0.3) is 0 Å². The van der Waals surface area contributed by atoms with E-state index in [2.05, 4.69) is 4.99 Å². The molecule has 0 N–H and O–H groups in total. The Balaban J connectivity index is 2.19. The average Bonchev–Trinajstić information content (AvgIpc) is 2.73. The Morgan fingerprint density at radius 2 is 1.78 bits per heavy atom. The minimum absolute atomic E-state index is 0.00579. The van der Waals surface area contributed by atoms with Crippen molar-refractivity contribution < 1.29 is 4.74 Å². The number of benzene rings is 2. The molecule has 0 spiro atoms. The van der Waals surface area contributed by atoms with Gasteiger partial charge in [0, 0.05) is 11.1 Å². The number of hydrogen-bond acceptors (Lipinski definition) is 5. The summed E-state index contributed by atoms with van der Waals surface area (Å²) in [4.78, 5) is 22.8. The molecular weight excluding hydrogens is 467 g/mol. The lowest BCUT2D eigenvalue weighted by molar-refractivity contribution is 0.242. The zero-order chi connectivity index (χ0) is 23.4.